The molecular weight excluding hydrogens is 214 g/mol. The summed E-state index contributed by atoms with van der Waals surface area (Å²) in [6, 6.07) is 4.40. The highest BCUT2D eigenvalue weighted by Crippen LogP contribution is 2.17. The number of nitrogens with zero attached hydrogens (tertiary/aromatic N) is 3. The average molecular weight is 235 g/mol. The molecule has 0 aliphatic carbocycles. The molecule has 1 unspecified atom stereocenters. The largest absolute Gasteiger partial charge is 0.392 e. The van der Waals surface area contributed by atoms with Crippen LogP contribution in [0.5, 0.6) is 0 Å². The minimum absolute atomic E-state index is 0.0833. The fraction of sp³-hybridized carbons (Fsp3) is 0.615. The van der Waals surface area contributed by atoms with Crippen molar-refractivity contribution in [2.45, 2.75) is 26.5 Å². The van der Waals surface area contributed by atoms with Crippen molar-refractivity contribution in [3.63, 3.8) is 0 Å². The van der Waals surface area contributed by atoms with Crippen molar-refractivity contribution in [1.29, 1.82) is 0 Å². The third-order valence-electron chi connectivity index (χ3n) is 3.49. The van der Waals surface area contributed by atoms with Crippen LogP contribution in [0.25, 0.3) is 0 Å². The van der Waals surface area contributed by atoms with Gasteiger partial charge in [0.15, 0.2) is 0 Å². The minimum Gasteiger partial charge on any atom is -0.392 e. The standard InChI is InChI=1S/C13H21N3O/c1-3-15-6-7-16(9-11(15)2)13-8-12(10-17)4-5-14-13/h4-5,8,11,17H,3,6-7,9-10H2,1-2H3. The summed E-state index contributed by atoms with van der Waals surface area (Å²) in [4.78, 5) is 9.17. The number of piperazine rings is 1. The maximum absolute atomic E-state index is 9.14. The number of aliphatic hydroxyl groups is 1. The summed E-state index contributed by atoms with van der Waals surface area (Å²) in [5.74, 6) is 0.985. The Hall–Kier alpha value is -1.13. The molecule has 1 aromatic heterocycles. The average Bonchev–Trinajstić information content (AvgIpc) is 2.38. The van der Waals surface area contributed by atoms with E-state index in [1.165, 1.54) is 0 Å². The number of hydrogen-bond donors (Lipinski definition) is 1. The van der Waals surface area contributed by atoms with E-state index in [1.807, 2.05) is 12.1 Å². The molecule has 1 aliphatic heterocycles. The number of aliphatic hydroxyl groups excluding tert-OH is 1. The van der Waals surface area contributed by atoms with Crippen LogP contribution in [0.3, 0.4) is 0 Å². The Morgan fingerprint density at radius 3 is 2.94 bits per heavy atom. The number of aromatic nitrogens is 1. The summed E-state index contributed by atoms with van der Waals surface area (Å²) in [6.45, 7) is 8.76. The highest BCUT2D eigenvalue weighted by Gasteiger charge is 2.23. The number of pyridine rings is 1. The first-order chi connectivity index (χ1) is 8.24. The van der Waals surface area contributed by atoms with Gasteiger partial charge in [-0.2, -0.15) is 0 Å². The Kier molecular flexibility index (Phi) is 3.97. The predicted molar refractivity (Wildman–Crippen MR) is 69.1 cm³/mol. The molecule has 2 rings (SSSR count). The second-order valence-corrected chi connectivity index (χ2v) is 4.60. The van der Waals surface area contributed by atoms with Crippen molar-refractivity contribution in [3.05, 3.63) is 23.9 Å². The molecule has 1 N–H and O–H groups in total. The van der Waals surface area contributed by atoms with E-state index in [0.717, 1.165) is 37.6 Å². The zero-order valence-corrected chi connectivity index (χ0v) is 10.6. The lowest BCUT2D eigenvalue weighted by Crippen LogP contribution is -2.52. The van der Waals surface area contributed by atoms with Gasteiger partial charge >= 0.3 is 0 Å². The SMILES string of the molecule is CCN1CCN(c2cc(CO)ccn2)CC1C. The molecule has 0 spiro atoms. The molecule has 0 saturated carbocycles. The fourth-order valence-electron chi connectivity index (χ4n) is 2.40. The number of likely N-dealkylation sites (N-methyl/N-ethyl adjacent to an activating group) is 1. The molecule has 4 heteroatoms. The van der Waals surface area contributed by atoms with E-state index in [1.54, 1.807) is 6.20 Å². The number of rotatable bonds is 3. The molecule has 0 amide bonds. The van der Waals surface area contributed by atoms with E-state index in [-0.39, 0.29) is 6.61 Å². The Morgan fingerprint density at radius 2 is 2.29 bits per heavy atom. The molecule has 1 fully saturated rings. The Morgan fingerprint density at radius 1 is 1.47 bits per heavy atom. The molecule has 0 bridgehead atoms. The lowest BCUT2D eigenvalue weighted by molar-refractivity contribution is 0.199. The van der Waals surface area contributed by atoms with E-state index >= 15 is 0 Å². The van der Waals surface area contributed by atoms with Gasteiger partial charge in [-0.25, -0.2) is 4.98 Å². The van der Waals surface area contributed by atoms with Gasteiger partial charge in [-0.05, 0) is 31.2 Å². The van der Waals surface area contributed by atoms with E-state index in [4.69, 9.17) is 5.11 Å². The van der Waals surface area contributed by atoms with Crippen molar-refractivity contribution in [2.75, 3.05) is 31.1 Å². The Labute approximate surface area is 103 Å². The van der Waals surface area contributed by atoms with Crippen molar-refractivity contribution < 1.29 is 5.11 Å². The van der Waals surface area contributed by atoms with Crippen LogP contribution in [0, 0.1) is 0 Å². The van der Waals surface area contributed by atoms with Gasteiger partial charge in [0.2, 0.25) is 0 Å². The van der Waals surface area contributed by atoms with Gasteiger partial charge in [-0.1, -0.05) is 6.92 Å². The van der Waals surface area contributed by atoms with Gasteiger partial charge in [0, 0.05) is 31.9 Å². The van der Waals surface area contributed by atoms with Crippen molar-refractivity contribution >= 4 is 5.82 Å². The molecule has 1 saturated heterocycles. The summed E-state index contributed by atoms with van der Waals surface area (Å²) < 4.78 is 0. The maximum atomic E-state index is 9.14. The summed E-state index contributed by atoms with van der Waals surface area (Å²) in [6.07, 6.45) is 1.78. The third kappa shape index (κ3) is 2.76. The molecule has 94 valence electrons. The summed E-state index contributed by atoms with van der Waals surface area (Å²) in [7, 11) is 0. The number of anilines is 1. The fourth-order valence-corrected chi connectivity index (χ4v) is 2.40. The number of hydrogen-bond acceptors (Lipinski definition) is 4. The minimum atomic E-state index is 0.0833. The van der Waals surface area contributed by atoms with Crippen LogP contribution < -0.4 is 4.90 Å². The van der Waals surface area contributed by atoms with Crippen LogP contribution in [0.1, 0.15) is 19.4 Å². The second kappa shape index (κ2) is 5.47. The molecule has 1 aliphatic rings. The van der Waals surface area contributed by atoms with E-state index in [0.29, 0.717) is 6.04 Å². The van der Waals surface area contributed by atoms with Crippen molar-refractivity contribution in [1.82, 2.24) is 9.88 Å². The third-order valence-corrected chi connectivity index (χ3v) is 3.49. The van der Waals surface area contributed by atoms with Gasteiger partial charge in [-0.3, -0.25) is 4.90 Å². The van der Waals surface area contributed by atoms with Crippen LogP contribution in [0.4, 0.5) is 5.82 Å². The molecule has 1 atom stereocenters. The Bertz CT molecular complexity index is 369. The van der Waals surface area contributed by atoms with Crippen LogP contribution in [-0.2, 0) is 6.61 Å². The second-order valence-electron chi connectivity index (χ2n) is 4.60. The van der Waals surface area contributed by atoms with Gasteiger partial charge in [0.25, 0.3) is 0 Å². The molecule has 0 radical (unpaired) electrons. The van der Waals surface area contributed by atoms with Crippen molar-refractivity contribution in [2.24, 2.45) is 0 Å². The monoisotopic (exact) mass is 235 g/mol. The van der Waals surface area contributed by atoms with Gasteiger partial charge < -0.3 is 10.0 Å². The van der Waals surface area contributed by atoms with Crippen molar-refractivity contribution in [3.8, 4) is 0 Å². The molecule has 17 heavy (non-hydrogen) atoms. The quantitative estimate of drug-likeness (QED) is 0.852. The highest BCUT2D eigenvalue weighted by atomic mass is 16.3. The van der Waals surface area contributed by atoms with Crippen LogP contribution >= 0.6 is 0 Å². The molecule has 4 nitrogen and oxygen atoms in total. The highest BCUT2D eigenvalue weighted by molar-refractivity contribution is 5.41. The summed E-state index contributed by atoms with van der Waals surface area (Å²) >= 11 is 0. The Balaban J connectivity index is 2.08. The summed E-state index contributed by atoms with van der Waals surface area (Å²) in [5.41, 5.74) is 0.931. The topological polar surface area (TPSA) is 39.6 Å². The predicted octanol–water partition coefficient (Wildman–Crippen LogP) is 1.10. The van der Waals surface area contributed by atoms with E-state index in [2.05, 4.69) is 28.6 Å². The van der Waals surface area contributed by atoms with Gasteiger partial charge in [0.1, 0.15) is 5.82 Å². The molecular formula is C13H21N3O. The lowest BCUT2D eigenvalue weighted by atomic mass is 10.2. The zero-order chi connectivity index (χ0) is 12.3. The molecule has 1 aromatic rings. The molecule has 2 heterocycles. The maximum Gasteiger partial charge on any atom is 0.128 e. The zero-order valence-electron chi connectivity index (χ0n) is 10.6. The van der Waals surface area contributed by atoms with Crippen LogP contribution in [0.2, 0.25) is 0 Å². The van der Waals surface area contributed by atoms with Gasteiger partial charge in [0.05, 0.1) is 6.61 Å². The lowest BCUT2D eigenvalue weighted by Gasteiger charge is -2.40. The first kappa shape index (κ1) is 12.3. The molecule has 0 aromatic carbocycles. The first-order valence-corrected chi connectivity index (χ1v) is 6.29. The van der Waals surface area contributed by atoms with Gasteiger partial charge in [-0.15, -0.1) is 0 Å². The van der Waals surface area contributed by atoms with Crippen LogP contribution in [0.15, 0.2) is 18.3 Å². The normalized spacial score (nSPS) is 21.8. The smallest absolute Gasteiger partial charge is 0.128 e. The first-order valence-electron chi connectivity index (χ1n) is 6.29. The van der Waals surface area contributed by atoms with E-state index in [9.17, 15) is 0 Å². The van der Waals surface area contributed by atoms with Crippen LogP contribution in [-0.4, -0.2) is 47.2 Å². The summed E-state index contributed by atoms with van der Waals surface area (Å²) in [5, 5.41) is 9.14. The van der Waals surface area contributed by atoms with E-state index < -0.39 is 0 Å².